The summed E-state index contributed by atoms with van der Waals surface area (Å²) in [6, 6.07) is 10.3. The Morgan fingerprint density at radius 2 is 1.84 bits per heavy atom. The molecule has 200 valence electrons. The van der Waals surface area contributed by atoms with Crippen LogP contribution in [0, 0.1) is 17.7 Å². The quantitative estimate of drug-likeness (QED) is 0.415. The molecule has 3 heterocycles. The van der Waals surface area contributed by atoms with Crippen LogP contribution in [0.4, 0.5) is 4.39 Å². The third-order valence-corrected chi connectivity index (χ3v) is 8.36. The molecule has 3 aromatic rings. The van der Waals surface area contributed by atoms with Crippen molar-refractivity contribution in [2.75, 3.05) is 33.0 Å². The van der Waals surface area contributed by atoms with Gasteiger partial charge in [0.25, 0.3) is 0 Å². The van der Waals surface area contributed by atoms with Gasteiger partial charge < -0.3 is 24.2 Å². The third-order valence-electron chi connectivity index (χ3n) is 8.36. The van der Waals surface area contributed by atoms with Crippen molar-refractivity contribution < 1.29 is 23.2 Å². The van der Waals surface area contributed by atoms with E-state index in [0.29, 0.717) is 35.6 Å². The molecule has 1 saturated carbocycles. The van der Waals surface area contributed by atoms with Crippen LogP contribution in [0.15, 0.2) is 47.0 Å². The molecule has 2 atom stereocenters. The molecule has 2 aromatic carbocycles. The SMILES string of the molecule is O=C(C=Cc1ccc2c(c1)OCO2)NC[C@@H]1CCCC[C@H]1CN1CCC(c2noc3cc(F)ccc23)CC1. The van der Waals surface area contributed by atoms with E-state index in [2.05, 4.69) is 15.4 Å². The van der Waals surface area contributed by atoms with Gasteiger partial charge in [-0.15, -0.1) is 0 Å². The maximum absolute atomic E-state index is 13.5. The molecule has 1 N–H and O–H groups in total. The van der Waals surface area contributed by atoms with E-state index < -0.39 is 0 Å². The van der Waals surface area contributed by atoms with Gasteiger partial charge in [-0.2, -0.15) is 0 Å². The number of halogens is 1. The highest BCUT2D eigenvalue weighted by atomic mass is 19.1. The molecule has 1 aliphatic carbocycles. The van der Waals surface area contributed by atoms with Crippen LogP contribution in [0.3, 0.4) is 0 Å². The van der Waals surface area contributed by atoms with Crippen molar-refractivity contribution >= 4 is 23.0 Å². The summed E-state index contributed by atoms with van der Waals surface area (Å²) < 4.78 is 29.7. The lowest BCUT2D eigenvalue weighted by molar-refractivity contribution is -0.116. The molecule has 7 nitrogen and oxygen atoms in total. The molecule has 6 rings (SSSR count). The second-order valence-electron chi connectivity index (χ2n) is 10.8. The first-order valence-electron chi connectivity index (χ1n) is 13.7. The number of piperidine rings is 1. The Hall–Kier alpha value is -3.39. The fourth-order valence-electron chi connectivity index (χ4n) is 6.22. The van der Waals surface area contributed by atoms with E-state index >= 15 is 0 Å². The molecular formula is C30H34FN3O4. The number of rotatable bonds is 7. The molecule has 38 heavy (non-hydrogen) atoms. The fraction of sp³-hybridized carbons (Fsp3) is 0.467. The summed E-state index contributed by atoms with van der Waals surface area (Å²) >= 11 is 0. The summed E-state index contributed by atoms with van der Waals surface area (Å²) in [6.07, 6.45) is 10.3. The van der Waals surface area contributed by atoms with Crippen LogP contribution in [0.5, 0.6) is 11.5 Å². The Balaban J connectivity index is 0.991. The summed E-state index contributed by atoms with van der Waals surface area (Å²) in [5.41, 5.74) is 2.40. The van der Waals surface area contributed by atoms with Crippen LogP contribution in [-0.2, 0) is 4.79 Å². The maximum Gasteiger partial charge on any atom is 0.244 e. The summed E-state index contributed by atoms with van der Waals surface area (Å²) in [5.74, 6) is 2.53. The summed E-state index contributed by atoms with van der Waals surface area (Å²) in [6.45, 7) is 4.07. The maximum atomic E-state index is 13.5. The van der Waals surface area contributed by atoms with Gasteiger partial charge in [-0.25, -0.2) is 4.39 Å². The number of nitrogens with one attached hydrogen (secondary N) is 1. The van der Waals surface area contributed by atoms with E-state index in [4.69, 9.17) is 14.0 Å². The molecule has 2 aliphatic heterocycles. The minimum Gasteiger partial charge on any atom is -0.454 e. The summed E-state index contributed by atoms with van der Waals surface area (Å²) in [4.78, 5) is 15.1. The van der Waals surface area contributed by atoms with Gasteiger partial charge in [0, 0.05) is 36.5 Å². The molecule has 1 aromatic heterocycles. The predicted octanol–water partition coefficient (Wildman–Crippen LogP) is 5.51. The number of hydrogen-bond donors (Lipinski definition) is 1. The van der Waals surface area contributed by atoms with Gasteiger partial charge in [0.1, 0.15) is 5.82 Å². The molecule has 0 spiro atoms. The highest BCUT2D eigenvalue weighted by Crippen LogP contribution is 2.36. The van der Waals surface area contributed by atoms with Gasteiger partial charge in [-0.05, 0) is 86.5 Å². The van der Waals surface area contributed by atoms with Crippen LogP contribution in [0.25, 0.3) is 17.0 Å². The van der Waals surface area contributed by atoms with E-state index in [1.54, 1.807) is 12.1 Å². The minimum absolute atomic E-state index is 0.0625. The average Bonchev–Trinajstić information content (AvgIpc) is 3.58. The molecule has 2 fully saturated rings. The lowest BCUT2D eigenvalue weighted by Crippen LogP contribution is -2.42. The van der Waals surface area contributed by atoms with E-state index in [9.17, 15) is 9.18 Å². The highest BCUT2D eigenvalue weighted by molar-refractivity contribution is 5.91. The van der Waals surface area contributed by atoms with E-state index in [1.165, 1.54) is 31.4 Å². The second kappa shape index (κ2) is 11.2. The molecule has 1 saturated heterocycles. The number of fused-ring (bicyclic) bond motifs is 2. The molecule has 0 bridgehead atoms. The highest BCUT2D eigenvalue weighted by Gasteiger charge is 2.30. The Bertz CT molecular complexity index is 1310. The number of hydrogen-bond acceptors (Lipinski definition) is 6. The number of ether oxygens (including phenoxy) is 2. The fourth-order valence-corrected chi connectivity index (χ4v) is 6.22. The van der Waals surface area contributed by atoms with Crippen molar-refractivity contribution in [3.63, 3.8) is 0 Å². The lowest BCUT2D eigenvalue weighted by Gasteiger charge is -2.38. The smallest absolute Gasteiger partial charge is 0.244 e. The van der Waals surface area contributed by atoms with E-state index in [0.717, 1.165) is 61.3 Å². The van der Waals surface area contributed by atoms with Gasteiger partial charge in [0.15, 0.2) is 17.1 Å². The van der Waals surface area contributed by atoms with Crippen LogP contribution in [0.2, 0.25) is 0 Å². The molecule has 3 aliphatic rings. The normalized spacial score (nSPS) is 22.3. The largest absolute Gasteiger partial charge is 0.454 e. The zero-order valence-electron chi connectivity index (χ0n) is 21.5. The number of likely N-dealkylation sites (tertiary alicyclic amines) is 1. The van der Waals surface area contributed by atoms with E-state index in [-0.39, 0.29) is 18.5 Å². The Kier molecular flexibility index (Phi) is 7.31. The van der Waals surface area contributed by atoms with Crippen LogP contribution in [-0.4, -0.2) is 48.9 Å². The van der Waals surface area contributed by atoms with Gasteiger partial charge >= 0.3 is 0 Å². The molecule has 0 unspecified atom stereocenters. The summed E-state index contributed by atoms with van der Waals surface area (Å²) in [7, 11) is 0. The van der Waals surface area contributed by atoms with Crippen molar-refractivity contribution in [2.45, 2.75) is 44.4 Å². The summed E-state index contributed by atoms with van der Waals surface area (Å²) in [5, 5.41) is 8.36. The molecular weight excluding hydrogens is 485 g/mol. The second-order valence-corrected chi connectivity index (χ2v) is 10.8. The van der Waals surface area contributed by atoms with Gasteiger partial charge in [-0.1, -0.05) is 24.1 Å². The lowest BCUT2D eigenvalue weighted by atomic mass is 9.78. The topological polar surface area (TPSA) is 76.8 Å². The van der Waals surface area contributed by atoms with Crippen LogP contribution >= 0.6 is 0 Å². The Morgan fingerprint density at radius 1 is 1.03 bits per heavy atom. The number of carbonyl (C=O) groups is 1. The first-order chi connectivity index (χ1) is 18.6. The average molecular weight is 520 g/mol. The number of carbonyl (C=O) groups excluding carboxylic acids is 1. The molecule has 8 heteroatoms. The first kappa shape index (κ1) is 24.9. The standard InChI is InChI=1S/C30H34FN3O4/c31-24-7-8-25-27(16-24)38-33-30(25)21-11-13-34(14-12-21)18-23-4-2-1-3-22(23)17-32-29(35)10-6-20-5-9-26-28(15-20)37-19-36-26/h5-10,15-16,21-23H,1-4,11-14,17-19H2,(H,32,35)/t22-,23-/m0/s1. The third kappa shape index (κ3) is 5.55. The van der Waals surface area contributed by atoms with E-state index in [1.807, 2.05) is 24.3 Å². The zero-order valence-corrected chi connectivity index (χ0v) is 21.5. The zero-order chi connectivity index (χ0) is 25.9. The molecule has 1 amide bonds. The van der Waals surface area contributed by atoms with Crippen molar-refractivity contribution in [1.29, 1.82) is 0 Å². The number of amides is 1. The number of aromatic nitrogens is 1. The Labute approximate surface area is 221 Å². The first-order valence-corrected chi connectivity index (χ1v) is 13.7. The van der Waals surface area contributed by atoms with Gasteiger partial charge in [0.2, 0.25) is 12.7 Å². The Morgan fingerprint density at radius 3 is 2.71 bits per heavy atom. The molecule has 0 radical (unpaired) electrons. The van der Waals surface area contributed by atoms with Crippen molar-refractivity contribution in [1.82, 2.24) is 15.4 Å². The van der Waals surface area contributed by atoms with Crippen molar-refractivity contribution in [2.24, 2.45) is 11.8 Å². The number of benzene rings is 2. The van der Waals surface area contributed by atoms with Crippen LogP contribution in [0.1, 0.15) is 55.7 Å². The predicted molar refractivity (Wildman–Crippen MR) is 142 cm³/mol. The van der Waals surface area contributed by atoms with Crippen molar-refractivity contribution in [3.8, 4) is 11.5 Å². The van der Waals surface area contributed by atoms with Crippen LogP contribution < -0.4 is 14.8 Å². The van der Waals surface area contributed by atoms with Gasteiger partial charge in [0.05, 0.1) is 5.69 Å². The van der Waals surface area contributed by atoms with Gasteiger partial charge in [-0.3, -0.25) is 4.79 Å². The monoisotopic (exact) mass is 519 g/mol. The minimum atomic E-state index is -0.297. The number of nitrogens with zero attached hydrogens (tertiary/aromatic N) is 2. The van der Waals surface area contributed by atoms with Crippen molar-refractivity contribution in [3.05, 3.63) is 59.5 Å².